The molecule has 0 saturated heterocycles. The van der Waals surface area contributed by atoms with Crippen molar-refractivity contribution in [1.29, 1.82) is 0 Å². The summed E-state index contributed by atoms with van der Waals surface area (Å²) in [4.78, 5) is 0. The van der Waals surface area contributed by atoms with Crippen LogP contribution in [0.3, 0.4) is 0 Å². The average Bonchev–Trinajstić information content (AvgIpc) is 2.80. The van der Waals surface area contributed by atoms with Crippen LogP contribution in [0.2, 0.25) is 0 Å². The standard InChI is InChI=1S/C16H21NO/c17-16(18-10-11-4-2-1-3-5-11)14-7-12-6-13(9-14)15(16)8-12/h1-5,12-15H,6-10,17H2. The maximum atomic E-state index is 6.65. The van der Waals surface area contributed by atoms with Crippen LogP contribution in [0.5, 0.6) is 0 Å². The van der Waals surface area contributed by atoms with Crippen LogP contribution in [0.15, 0.2) is 30.3 Å². The first-order valence-electron chi connectivity index (χ1n) is 7.22. The van der Waals surface area contributed by atoms with E-state index in [9.17, 15) is 0 Å². The Labute approximate surface area is 109 Å². The van der Waals surface area contributed by atoms with Gasteiger partial charge in [0.25, 0.3) is 0 Å². The fourth-order valence-electron chi connectivity index (χ4n) is 4.79. The van der Waals surface area contributed by atoms with Gasteiger partial charge >= 0.3 is 0 Å². The number of hydrogen-bond donors (Lipinski definition) is 1. The van der Waals surface area contributed by atoms with Crippen LogP contribution >= 0.6 is 0 Å². The fourth-order valence-corrected chi connectivity index (χ4v) is 4.79. The molecular formula is C16H21NO. The maximum Gasteiger partial charge on any atom is 0.123 e. The molecule has 4 bridgehead atoms. The van der Waals surface area contributed by atoms with Gasteiger partial charge in [-0.25, -0.2) is 0 Å². The largest absolute Gasteiger partial charge is 0.356 e. The first-order chi connectivity index (χ1) is 8.75. The van der Waals surface area contributed by atoms with Gasteiger partial charge in [-0.05, 0) is 43.1 Å². The van der Waals surface area contributed by atoms with Gasteiger partial charge in [0.1, 0.15) is 5.72 Å². The van der Waals surface area contributed by atoms with Crippen LogP contribution in [0.25, 0.3) is 0 Å². The van der Waals surface area contributed by atoms with E-state index in [0.717, 1.165) is 11.8 Å². The number of hydrogen-bond acceptors (Lipinski definition) is 2. The Morgan fingerprint density at radius 3 is 2.72 bits per heavy atom. The highest BCUT2D eigenvalue weighted by Gasteiger charge is 2.61. The molecule has 0 aromatic heterocycles. The molecule has 2 heteroatoms. The predicted molar refractivity (Wildman–Crippen MR) is 70.6 cm³/mol. The second-order valence-electron chi connectivity index (χ2n) is 6.50. The van der Waals surface area contributed by atoms with E-state index in [-0.39, 0.29) is 5.72 Å². The van der Waals surface area contributed by atoms with Gasteiger partial charge in [-0.3, -0.25) is 0 Å². The van der Waals surface area contributed by atoms with Crippen molar-refractivity contribution >= 4 is 0 Å². The first kappa shape index (κ1) is 11.0. The van der Waals surface area contributed by atoms with E-state index in [1.54, 1.807) is 0 Å². The van der Waals surface area contributed by atoms with Crippen LogP contribution < -0.4 is 5.73 Å². The summed E-state index contributed by atoms with van der Waals surface area (Å²) in [7, 11) is 0. The molecular weight excluding hydrogens is 222 g/mol. The number of nitrogens with two attached hydrogens (primary N) is 1. The Hall–Kier alpha value is -0.860. The first-order valence-corrected chi connectivity index (χ1v) is 7.22. The second kappa shape index (κ2) is 3.82. The van der Waals surface area contributed by atoms with Gasteiger partial charge in [0.2, 0.25) is 0 Å². The monoisotopic (exact) mass is 243 g/mol. The van der Waals surface area contributed by atoms with Crippen molar-refractivity contribution in [2.75, 3.05) is 0 Å². The van der Waals surface area contributed by atoms with E-state index in [4.69, 9.17) is 10.5 Å². The Balaban J connectivity index is 1.51. The van der Waals surface area contributed by atoms with Crippen LogP contribution in [0, 0.1) is 23.7 Å². The average molecular weight is 243 g/mol. The van der Waals surface area contributed by atoms with E-state index in [1.165, 1.54) is 31.2 Å². The summed E-state index contributed by atoms with van der Waals surface area (Å²) in [5.74, 6) is 3.05. The van der Waals surface area contributed by atoms with Gasteiger partial charge < -0.3 is 10.5 Å². The third-order valence-electron chi connectivity index (χ3n) is 5.55. The molecule has 4 aliphatic carbocycles. The molecule has 5 atom stereocenters. The zero-order valence-electron chi connectivity index (χ0n) is 10.7. The predicted octanol–water partition coefficient (Wildman–Crippen LogP) is 2.92. The topological polar surface area (TPSA) is 35.2 Å². The molecule has 0 amide bonds. The van der Waals surface area contributed by atoms with Crippen LogP contribution in [-0.2, 0) is 11.3 Å². The van der Waals surface area contributed by atoms with Crippen molar-refractivity contribution in [3.63, 3.8) is 0 Å². The Bertz CT molecular complexity index is 442. The van der Waals surface area contributed by atoms with E-state index >= 15 is 0 Å². The molecule has 4 fully saturated rings. The number of benzene rings is 1. The Kier molecular flexibility index (Phi) is 2.33. The molecule has 2 N–H and O–H groups in total. The molecule has 18 heavy (non-hydrogen) atoms. The lowest BCUT2D eigenvalue weighted by atomic mass is 9.77. The molecule has 1 aromatic carbocycles. The molecule has 4 aliphatic rings. The minimum atomic E-state index is -0.326. The SMILES string of the molecule is NC1(OCc2ccccc2)C2CC3CC(C2)C1C3. The minimum absolute atomic E-state index is 0.326. The van der Waals surface area contributed by atoms with Crippen molar-refractivity contribution in [2.45, 2.75) is 38.0 Å². The van der Waals surface area contributed by atoms with Crippen molar-refractivity contribution in [3.05, 3.63) is 35.9 Å². The quantitative estimate of drug-likeness (QED) is 0.828. The van der Waals surface area contributed by atoms with Gasteiger partial charge in [-0.2, -0.15) is 0 Å². The zero-order valence-corrected chi connectivity index (χ0v) is 10.7. The summed E-state index contributed by atoms with van der Waals surface area (Å²) < 4.78 is 6.22. The third-order valence-corrected chi connectivity index (χ3v) is 5.55. The highest BCUT2D eigenvalue weighted by molar-refractivity contribution is 5.15. The van der Waals surface area contributed by atoms with Crippen LogP contribution in [0.1, 0.15) is 31.2 Å². The maximum absolute atomic E-state index is 6.65. The van der Waals surface area contributed by atoms with E-state index in [1.807, 2.05) is 6.07 Å². The van der Waals surface area contributed by atoms with Gasteiger partial charge in [0, 0.05) is 11.8 Å². The zero-order chi connectivity index (χ0) is 12.2. The lowest BCUT2D eigenvalue weighted by Crippen LogP contribution is -2.53. The number of rotatable bonds is 3. The molecule has 0 heterocycles. The fraction of sp³-hybridized carbons (Fsp3) is 0.625. The summed E-state index contributed by atoms with van der Waals surface area (Å²) in [6, 6.07) is 10.4. The lowest BCUT2D eigenvalue weighted by Gasteiger charge is -2.41. The van der Waals surface area contributed by atoms with Gasteiger partial charge in [-0.1, -0.05) is 30.3 Å². The molecule has 0 radical (unpaired) electrons. The Morgan fingerprint density at radius 2 is 1.94 bits per heavy atom. The Morgan fingerprint density at radius 1 is 1.11 bits per heavy atom. The van der Waals surface area contributed by atoms with Crippen molar-refractivity contribution in [1.82, 2.24) is 0 Å². The molecule has 1 aromatic rings. The van der Waals surface area contributed by atoms with Crippen molar-refractivity contribution in [3.8, 4) is 0 Å². The summed E-state index contributed by atoms with van der Waals surface area (Å²) in [6.07, 6.45) is 5.34. The van der Waals surface area contributed by atoms with E-state index < -0.39 is 0 Å². The molecule has 2 nitrogen and oxygen atoms in total. The van der Waals surface area contributed by atoms with E-state index in [0.29, 0.717) is 18.4 Å². The van der Waals surface area contributed by atoms with Gasteiger partial charge in [-0.15, -0.1) is 0 Å². The smallest absolute Gasteiger partial charge is 0.123 e. The van der Waals surface area contributed by atoms with Gasteiger partial charge in [0.05, 0.1) is 6.61 Å². The summed E-state index contributed by atoms with van der Waals surface area (Å²) >= 11 is 0. The summed E-state index contributed by atoms with van der Waals surface area (Å²) in [6.45, 7) is 0.668. The highest BCUT2D eigenvalue weighted by atomic mass is 16.5. The summed E-state index contributed by atoms with van der Waals surface area (Å²) in [5, 5.41) is 0. The molecule has 5 unspecified atom stereocenters. The highest BCUT2D eigenvalue weighted by Crippen LogP contribution is 2.62. The lowest BCUT2D eigenvalue weighted by molar-refractivity contribution is -0.125. The molecule has 4 saturated carbocycles. The third kappa shape index (κ3) is 1.49. The second-order valence-corrected chi connectivity index (χ2v) is 6.50. The minimum Gasteiger partial charge on any atom is -0.356 e. The number of ether oxygens (including phenoxy) is 1. The molecule has 0 spiro atoms. The van der Waals surface area contributed by atoms with Crippen molar-refractivity contribution in [2.24, 2.45) is 29.4 Å². The van der Waals surface area contributed by atoms with Gasteiger partial charge in [0.15, 0.2) is 0 Å². The molecule has 0 aliphatic heterocycles. The molecule has 5 rings (SSSR count). The normalized spacial score (nSPS) is 44.7. The van der Waals surface area contributed by atoms with Crippen molar-refractivity contribution < 1.29 is 4.74 Å². The van der Waals surface area contributed by atoms with E-state index in [2.05, 4.69) is 24.3 Å². The van der Waals surface area contributed by atoms with Crippen LogP contribution in [-0.4, -0.2) is 5.72 Å². The molecule has 96 valence electrons. The summed E-state index contributed by atoms with van der Waals surface area (Å²) in [5.41, 5.74) is 7.56. The van der Waals surface area contributed by atoms with Crippen LogP contribution in [0.4, 0.5) is 0 Å².